The van der Waals surface area contributed by atoms with Gasteiger partial charge in [-0.2, -0.15) is 0 Å². The smallest absolute Gasteiger partial charge is 0.376 e. The largest absolute Gasteiger partial charge is 0.497 e. The summed E-state index contributed by atoms with van der Waals surface area (Å²) in [6.45, 7) is 0.552. The lowest BCUT2D eigenvalue weighted by molar-refractivity contribution is -0.385. The Hall–Kier alpha value is -3.62. The van der Waals surface area contributed by atoms with Crippen molar-refractivity contribution >= 4 is 17.2 Å². The molecule has 0 saturated carbocycles. The highest BCUT2D eigenvalue weighted by Crippen LogP contribution is 2.42. The predicted octanol–water partition coefficient (Wildman–Crippen LogP) is 2.96. The molecule has 1 unspecified atom stereocenters. The molecular weight excluding hydrogens is 376 g/mol. The molecule has 0 bridgehead atoms. The molecule has 9 nitrogen and oxygen atoms in total. The maximum Gasteiger partial charge on any atom is 0.376 e. The molecule has 4 rings (SSSR count). The highest BCUT2D eigenvalue weighted by Gasteiger charge is 2.36. The van der Waals surface area contributed by atoms with E-state index in [0.717, 1.165) is 18.4 Å². The van der Waals surface area contributed by atoms with Crippen molar-refractivity contribution in [1.29, 1.82) is 0 Å². The second-order valence-electron chi connectivity index (χ2n) is 6.73. The fourth-order valence-electron chi connectivity index (χ4n) is 3.87. The molecule has 1 aliphatic heterocycles. The Kier molecular flexibility index (Phi) is 4.79. The Balaban J connectivity index is 1.88. The van der Waals surface area contributed by atoms with E-state index in [4.69, 9.17) is 9.47 Å². The fourth-order valence-corrected chi connectivity index (χ4v) is 3.87. The molecule has 0 amide bonds. The number of nitrogens with zero attached hydrogens (tertiary/aromatic N) is 4. The van der Waals surface area contributed by atoms with E-state index in [0.29, 0.717) is 23.7 Å². The van der Waals surface area contributed by atoms with E-state index in [1.54, 1.807) is 38.5 Å². The van der Waals surface area contributed by atoms with Gasteiger partial charge >= 0.3 is 11.2 Å². The third-order valence-electron chi connectivity index (χ3n) is 5.20. The number of hydrogen-bond donors (Lipinski definition) is 0. The van der Waals surface area contributed by atoms with Crippen LogP contribution in [0.15, 0.2) is 47.4 Å². The van der Waals surface area contributed by atoms with Gasteiger partial charge < -0.3 is 14.4 Å². The Morgan fingerprint density at radius 1 is 1.21 bits per heavy atom. The van der Waals surface area contributed by atoms with Gasteiger partial charge in [0.05, 0.1) is 25.2 Å². The molecule has 1 aromatic carbocycles. The summed E-state index contributed by atoms with van der Waals surface area (Å²) in [6.07, 6.45) is 3.05. The highest BCUT2D eigenvalue weighted by atomic mass is 16.6. The Morgan fingerprint density at radius 3 is 2.76 bits per heavy atom. The quantitative estimate of drug-likeness (QED) is 0.483. The summed E-state index contributed by atoms with van der Waals surface area (Å²) < 4.78 is 12.0. The molecule has 29 heavy (non-hydrogen) atoms. The van der Waals surface area contributed by atoms with Crippen LogP contribution in [0.2, 0.25) is 0 Å². The van der Waals surface area contributed by atoms with Gasteiger partial charge in [-0.25, -0.2) is 4.98 Å². The first-order valence-corrected chi connectivity index (χ1v) is 9.19. The standard InChI is InChI=1S/C20H20N4O5/c1-28-13-8-9-14(16(12-13)29-2)15-6-5-11-22(15)19-18(24(26)27)20(25)23-10-4-3-7-17(23)21-19/h3-4,7-10,12,15H,5-6,11H2,1-2H3. The Bertz CT molecular complexity index is 1140. The lowest BCUT2D eigenvalue weighted by atomic mass is 10.0. The van der Waals surface area contributed by atoms with Crippen LogP contribution in [-0.4, -0.2) is 35.1 Å². The zero-order valence-corrected chi connectivity index (χ0v) is 16.1. The summed E-state index contributed by atoms with van der Waals surface area (Å²) in [6, 6.07) is 10.3. The summed E-state index contributed by atoms with van der Waals surface area (Å²) in [7, 11) is 3.15. The van der Waals surface area contributed by atoms with Crippen LogP contribution in [0.25, 0.3) is 5.65 Å². The van der Waals surface area contributed by atoms with Gasteiger partial charge in [0, 0.05) is 24.4 Å². The molecule has 2 aromatic heterocycles. The second kappa shape index (κ2) is 7.42. The summed E-state index contributed by atoms with van der Waals surface area (Å²) in [5.41, 5.74) is 0.0247. The average Bonchev–Trinajstić information content (AvgIpc) is 3.22. The number of methoxy groups -OCH3 is 2. The molecule has 0 spiro atoms. The van der Waals surface area contributed by atoms with Crippen molar-refractivity contribution < 1.29 is 14.4 Å². The van der Waals surface area contributed by atoms with Gasteiger partial charge in [-0.15, -0.1) is 0 Å². The number of aromatic nitrogens is 2. The molecule has 3 aromatic rings. The van der Waals surface area contributed by atoms with Crippen LogP contribution in [0.4, 0.5) is 11.5 Å². The Morgan fingerprint density at radius 2 is 2.03 bits per heavy atom. The van der Waals surface area contributed by atoms with Crippen LogP contribution in [0.3, 0.4) is 0 Å². The van der Waals surface area contributed by atoms with Gasteiger partial charge in [-0.3, -0.25) is 19.3 Å². The molecule has 1 fully saturated rings. The van der Waals surface area contributed by atoms with E-state index in [1.165, 1.54) is 10.6 Å². The number of ether oxygens (including phenoxy) is 2. The maximum absolute atomic E-state index is 12.8. The van der Waals surface area contributed by atoms with Crippen LogP contribution >= 0.6 is 0 Å². The van der Waals surface area contributed by atoms with Crippen LogP contribution in [0, 0.1) is 10.1 Å². The van der Waals surface area contributed by atoms with Gasteiger partial charge in [-0.05, 0) is 37.1 Å². The van der Waals surface area contributed by atoms with Crippen LogP contribution in [0.5, 0.6) is 11.5 Å². The molecule has 0 aliphatic carbocycles. The van der Waals surface area contributed by atoms with Crippen molar-refractivity contribution in [3.63, 3.8) is 0 Å². The first kappa shape index (κ1) is 18.7. The van der Waals surface area contributed by atoms with Crippen molar-refractivity contribution in [2.45, 2.75) is 18.9 Å². The summed E-state index contributed by atoms with van der Waals surface area (Å²) in [4.78, 5) is 30.3. The van der Waals surface area contributed by atoms with E-state index >= 15 is 0 Å². The first-order valence-electron chi connectivity index (χ1n) is 9.19. The minimum atomic E-state index is -0.692. The molecule has 0 N–H and O–H groups in total. The maximum atomic E-state index is 12.8. The van der Waals surface area contributed by atoms with Crippen molar-refractivity contribution in [2.24, 2.45) is 0 Å². The van der Waals surface area contributed by atoms with Crippen LogP contribution in [-0.2, 0) is 0 Å². The van der Waals surface area contributed by atoms with Crippen LogP contribution in [0.1, 0.15) is 24.4 Å². The molecule has 1 saturated heterocycles. The monoisotopic (exact) mass is 396 g/mol. The van der Waals surface area contributed by atoms with Crippen LogP contribution < -0.4 is 19.9 Å². The molecule has 9 heteroatoms. The number of rotatable bonds is 5. The number of anilines is 1. The van der Waals surface area contributed by atoms with E-state index in [-0.39, 0.29) is 11.9 Å². The number of fused-ring (bicyclic) bond motifs is 1. The van der Waals surface area contributed by atoms with Crippen molar-refractivity contribution in [2.75, 3.05) is 25.7 Å². The fraction of sp³-hybridized carbons (Fsp3) is 0.300. The van der Waals surface area contributed by atoms with E-state index in [9.17, 15) is 14.9 Å². The zero-order valence-electron chi connectivity index (χ0n) is 16.1. The second-order valence-corrected chi connectivity index (χ2v) is 6.73. The lowest BCUT2D eigenvalue weighted by Crippen LogP contribution is -2.29. The molecular formula is C20H20N4O5. The first-order chi connectivity index (χ1) is 14.0. The minimum absolute atomic E-state index is 0.0894. The van der Waals surface area contributed by atoms with E-state index < -0.39 is 16.2 Å². The topological polar surface area (TPSA) is 99.2 Å². The number of pyridine rings is 1. The lowest BCUT2D eigenvalue weighted by Gasteiger charge is -2.27. The highest BCUT2D eigenvalue weighted by molar-refractivity contribution is 5.63. The van der Waals surface area contributed by atoms with Gasteiger partial charge in [-0.1, -0.05) is 6.07 Å². The number of hydrogen-bond acceptors (Lipinski definition) is 7. The van der Waals surface area contributed by atoms with Gasteiger partial charge in [0.25, 0.3) is 0 Å². The number of nitro groups is 1. The van der Waals surface area contributed by atoms with Crippen molar-refractivity contribution in [3.8, 4) is 11.5 Å². The van der Waals surface area contributed by atoms with Crippen molar-refractivity contribution in [3.05, 3.63) is 68.6 Å². The normalized spacial score (nSPS) is 16.2. The third kappa shape index (κ3) is 3.14. The van der Waals surface area contributed by atoms with Gasteiger partial charge in [0.2, 0.25) is 5.82 Å². The number of benzene rings is 1. The summed E-state index contributed by atoms with van der Waals surface area (Å²) in [5.74, 6) is 1.37. The summed E-state index contributed by atoms with van der Waals surface area (Å²) in [5, 5.41) is 11.8. The minimum Gasteiger partial charge on any atom is -0.497 e. The molecule has 0 radical (unpaired) electrons. The SMILES string of the molecule is COc1ccc(C2CCCN2c2nc3ccccn3c(=O)c2[N+](=O)[O-])c(OC)c1. The zero-order chi connectivity index (χ0) is 20.5. The molecule has 150 valence electrons. The third-order valence-corrected chi connectivity index (χ3v) is 5.20. The van der Waals surface area contributed by atoms with E-state index in [1.807, 2.05) is 17.0 Å². The Labute approximate surface area is 166 Å². The van der Waals surface area contributed by atoms with Crippen molar-refractivity contribution in [1.82, 2.24) is 9.38 Å². The van der Waals surface area contributed by atoms with E-state index in [2.05, 4.69) is 4.98 Å². The molecule has 1 atom stereocenters. The molecule has 3 heterocycles. The molecule has 1 aliphatic rings. The summed E-state index contributed by atoms with van der Waals surface area (Å²) >= 11 is 0. The van der Waals surface area contributed by atoms with Gasteiger partial charge in [0.1, 0.15) is 17.1 Å². The average molecular weight is 396 g/mol. The van der Waals surface area contributed by atoms with Gasteiger partial charge in [0.15, 0.2) is 0 Å². The predicted molar refractivity (Wildman–Crippen MR) is 107 cm³/mol.